The van der Waals surface area contributed by atoms with E-state index in [-0.39, 0.29) is 48.2 Å². The van der Waals surface area contributed by atoms with Crippen LogP contribution in [0.15, 0.2) is 53.4 Å². The summed E-state index contributed by atoms with van der Waals surface area (Å²) in [5, 5.41) is 2.82. The van der Waals surface area contributed by atoms with E-state index in [9.17, 15) is 22.8 Å². The van der Waals surface area contributed by atoms with Crippen LogP contribution in [0.25, 0.3) is 0 Å². The molecule has 2 aromatic rings. The van der Waals surface area contributed by atoms with Crippen LogP contribution in [0.1, 0.15) is 54.6 Å². The van der Waals surface area contributed by atoms with Gasteiger partial charge in [-0.2, -0.15) is 0 Å². The molecular formula is C25H31N3O5S. The molecule has 182 valence electrons. The highest BCUT2D eigenvalue weighted by Crippen LogP contribution is 2.30. The number of rotatable bonds is 10. The first kappa shape index (κ1) is 25.4. The van der Waals surface area contributed by atoms with Gasteiger partial charge < -0.3 is 10.2 Å². The van der Waals surface area contributed by atoms with Crippen molar-refractivity contribution in [3.05, 3.63) is 65.2 Å². The Hall–Kier alpha value is -3.20. The third-order valence-corrected chi connectivity index (χ3v) is 7.69. The highest BCUT2D eigenvalue weighted by Gasteiger charge is 2.40. The van der Waals surface area contributed by atoms with E-state index in [1.165, 1.54) is 17.0 Å². The molecule has 8 nitrogen and oxygen atoms in total. The summed E-state index contributed by atoms with van der Waals surface area (Å²) in [5.74, 6) is -1.09. The zero-order chi connectivity index (χ0) is 24.9. The van der Waals surface area contributed by atoms with E-state index in [4.69, 9.17) is 0 Å². The molecule has 0 saturated heterocycles. The molecule has 0 radical (unpaired) electrons. The predicted octanol–water partition coefficient (Wildman–Crippen LogP) is 2.86. The molecule has 3 rings (SSSR count). The molecule has 0 saturated carbocycles. The van der Waals surface area contributed by atoms with Crippen molar-refractivity contribution in [2.45, 2.75) is 57.5 Å². The maximum absolute atomic E-state index is 13.2. The van der Waals surface area contributed by atoms with Crippen molar-refractivity contribution in [3.8, 4) is 0 Å². The van der Waals surface area contributed by atoms with Gasteiger partial charge in [-0.05, 0) is 44.4 Å². The summed E-state index contributed by atoms with van der Waals surface area (Å²) >= 11 is 0. The van der Waals surface area contributed by atoms with Gasteiger partial charge in [0.05, 0.1) is 5.56 Å². The van der Waals surface area contributed by atoms with Crippen molar-refractivity contribution >= 4 is 27.7 Å². The quantitative estimate of drug-likeness (QED) is 0.557. The van der Waals surface area contributed by atoms with Gasteiger partial charge in [0, 0.05) is 26.1 Å². The minimum absolute atomic E-state index is 0.00598. The van der Waals surface area contributed by atoms with E-state index < -0.39 is 22.0 Å². The molecule has 2 aromatic carbocycles. The summed E-state index contributed by atoms with van der Waals surface area (Å²) in [7, 11) is -3.91. The third-order valence-electron chi connectivity index (χ3n) is 5.85. The number of carbonyl (C=O) groups is 3. The highest BCUT2D eigenvalue weighted by molar-refractivity contribution is 7.90. The number of fused-ring (bicyclic) bond motifs is 1. The van der Waals surface area contributed by atoms with Gasteiger partial charge in [0.2, 0.25) is 11.8 Å². The number of carbonyl (C=O) groups excluding carboxylic acids is 3. The van der Waals surface area contributed by atoms with Gasteiger partial charge in [0.1, 0.15) is 10.9 Å². The Morgan fingerprint density at radius 1 is 1.09 bits per heavy atom. The van der Waals surface area contributed by atoms with Crippen LogP contribution in [0.4, 0.5) is 0 Å². The van der Waals surface area contributed by atoms with Crippen LogP contribution in [0, 0.1) is 6.92 Å². The van der Waals surface area contributed by atoms with Gasteiger partial charge in [0.15, 0.2) is 0 Å². The predicted molar refractivity (Wildman–Crippen MR) is 128 cm³/mol. The number of nitrogens with one attached hydrogen (secondary N) is 1. The van der Waals surface area contributed by atoms with Crippen LogP contribution >= 0.6 is 0 Å². The fourth-order valence-electron chi connectivity index (χ4n) is 3.84. The average molecular weight is 486 g/mol. The van der Waals surface area contributed by atoms with Crippen LogP contribution in [-0.2, 0) is 26.2 Å². The third kappa shape index (κ3) is 5.47. The molecular weight excluding hydrogens is 454 g/mol. The van der Waals surface area contributed by atoms with Crippen LogP contribution in [0.3, 0.4) is 0 Å². The van der Waals surface area contributed by atoms with Gasteiger partial charge in [-0.15, -0.1) is 0 Å². The minimum atomic E-state index is -3.91. The van der Waals surface area contributed by atoms with Gasteiger partial charge >= 0.3 is 0 Å². The molecule has 1 aliphatic rings. The summed E-state index contributed by atoms with van der Waals surface area (Å²) in [5.41, 5.74) is 2.13. The van der Waals surface area contributed by atoms with Crippen molar-refractivity contribution in [3.63, 3.8) is 0 Å². The van der Waals surface area contributed by atoms with E-state index in [1.807, 2.05) is 38.1 Å². The number of hydrogen-bond acceptors (Lipinski definition) is 5. The van der Waals surface area contributed by atoms with Gasteiger partial charge in [0.25, 0.3) is 15.9 Å². The first-order valence-corrected chi connectivity index (χ1v) is 12.9. The molecule has 1 N–H and O–H groups in total. The van der Waals surface area contributed by atoms with Gasteiger partial charge in [-0.1, -0.05) is 48.9 Å². The number of nitrogens with zero attached hydrogens (tertiary/aromatic N) is 2. The van der Waals surface area contributed by atoms with Crippen LogP contribution in [-0.4, -0.2) is 54.5 Å². The average Bonchev–Trinajstić information content (AvgIpc) is 3.02. The Kier molecular flexibility index (Phi) is 8.09. The smallest absolute Gasteiger partial charge is 0.269 e. The molecule has 9 heteroatoms. The number of hydrogen-bond donors (Lipinski definition) is 1. The molecule has 0 aromatic heterocycles. The van der Waals surface area contributed by atoms with Crippen molar-refractivity contribution < 1.29 is 22.8 Å². The maximum Gasteiger partial charge on any atom is 0.269 e. The maximum atomic E-state index is 13.2. The highest BCUT2D eigenvalue weighted by atomic mass is 32.2. The Balaban J connectivity index is 1.69. The Labute approximate surface area is 201 Å². The van der Waals surface area contributed by atoms with Crippen molar-refractivity contribution in [2.75, 3.05) is 13.1 Å². The van der Waals surface area contributed by atoms with E-state index in [2.05, 4.69) is 5.32 Å². The van der Waals surface area contributed by atoms with Crippen LogP contribution in [0.2, 0.25) is 0 Å². The van der Waals surface area contributed by atoms with E-state index >= 15 is 0 Å². The summed E-state index contributed by atoms with van der Waals surface area (Å²) < 4.78 is 26.3. The summed E-state index contributed by atoms with van der Waals surface area (Å²) in [6.45, 7) is 6.28. The molecule has 1 aliphatic heterocycles. The first-order valence-electron chi connectivity index (χ1n) is 11.5. The Morgan fingerprint density at radius 3 is 2.41 bits per heavy atom. The van der Waals surface area contributed by atoms with Gasteiger partial charge in [-0.3, -0.25) is 14.4 Å². The number of benzene rings is 2. The Bertz CT molecular complexity index is 1160. The molecule has 1 atom stereocenters. The topological polar surface area (TPSA) is 104 Å². The fraction of sp³-hybridized carbons (Fsp3) is 0.400. The molecule has 0 unspecified atom stereocenters. The molecule has 0 spiro atoms. The number of amides is 3. The normalized spacial score (nSPS) is 15.0. The number of aryl methyl sites for hydroxylation is 1. The lowest BCUT2D eigenvalue weighted by Gasteiger charge is -2.29. The second kappa shape index (κ2) is 10.8. The molecule has 34 heavy (non-hydrogen) atoms. The lowest BCUT2D eigenvalue weighted by molar-refractivity contribution is -0.140. The molecule has 0 bridgehead atoms. The largest absolute Gasteiger partial charge is 0.354 e. The number of sulfonamides is 1. The van der Waals surface area contributed by atoms with Crippen molar-refractivity contribution in [1.82, 2.24) is 14.5 Å². The monoisotopic (exact) mass is 485 g/mol. The van der Waals surface area contributed by atoms with Crippen molar-refractivity contribution in [2.24, 2.45) is 0 Å². The van der Waals surface area contributed by atoms with Gasteiger partial charge in [-0.25, -0.2) is 12.7 Å². The van der Waals surface area contributed by atoms with E-state index in [0.29, 0.717) is 6.54 Å². The van der Waals surface area contributed by atoms with E-state index in [0.717, 1.165) is 21.9 Å². The van der Waals surface area contributed by atoms with Crippen LogP contribution in [0.5, 0.6) is 0 Å². The standard InChI is InChI=1S/C25H31N3O5S/c1-4-15-26-24(30)19(3)27(17-20-13-11-18(2)12-14-20)23(29)10-7-16-28-25(31)21-8-5-6-9-22(21)34(28,32)33/h5-6,8-9,11-14,19H,4,7,10,15-17H2,1-3H3,(H,26,30)/t19-/m0/s1. The molecule has 0 aliphatic carbocycles. The second-order valence-electron chi connectivity index (χ2n) is 8.46. The first-order chi connectivity index (χ1) is 16.2. The second-order valence-corrected chi connectivity index (χ2v) is 10.3. The van der Waals surface area contributed by atoms with E-state index in [1.54, 1.807) is 19.1 Å². The summed E-state index contributed by atoms with van der Waals surface area (Å²) in [6.07, 6.45) is 0.948. The summed E-state index contributed by atoms with van der Waals surface area (Å²) in [6, 6.07) is 13.1. The summed E-state index contributed by atoms with van der Waals surface area (Å²) in [4.78, 5) is 39.8. The zero-order valence-corrected chi connectivity index (χ0v) is 20.6. The SMILES string of the molecule is CCCNC(=O)[C@H](C)N(Cc1ccc(C)cc1)C(=O)CCCN1C(=O)c2ccccc2S1(=O)=O. The van der Waals surface area contributed by atoms with Crippen molar-refractivity contribution in [1.29, 1.82) is 0 Å². The lowest BCUT2D eigenvalue weighted by atomic mass is 10.1. The zero-order valence-electron chi connectivity index (χ0n) is 19.8. The molecule has 1 heterocycles. The Morgan fingerprint density at radius 2 is 1.76 bits per heavy atom. The fourth-order valence-corrected chi connectivity index (χ4v) is 5.45. The lowest BCUT2D eigenvalue weighted by Crippen LogP contribution is -2.47. The molecule has 0 fully saturated rings. The van der Waals surface area contributed by atoms with Crippen LogP contribution < -0.4 is 5.32 Å². The molecule has 3 amide bonds. The minimum Gasteiger partial charge on any atom is -0.354 e.